The van der Waals surface area contributed by atoms with Gasteiger partial charge in [0.1, 0.15) is 5.75 Å². The average molecular weight is 482 g/mol. The van der Waals surface area contributed by atoms with Crippen LogP contribution in [0, 0.1) is 0 Å². The van der Waals surface area contributed by atoms with Gasteiger partial charge in [-0.2, -0.15) is 0 Å². The van der Waals surface area contributed by atoms with Crippen molar-refractivity contribution < 1.29 is 4.74 Å². The lowest BCUT2D eigenvalue weighted by molar-refractivity contribution is 0.255. The summed E-state index contributed by atoms with van der Waals surface area (Å²) in [5.41, 5.74) is 3.91. The second-order valence-corrected chi connectivity index (χ2v) is 9.36. The molecule has 0 unspecified atom stereocenters. The Balaban J connectivity index is 0.00000259. The Morgan fingerprint density at radius 2 is 1.30 bits per heavy atom. The predicted molar refractivity (Wildman–Crippen MR) is 142 cm³/mol. The summed E-state index contributed by atoms with van der Waals surface area (Å²) >= 11 is 1.88. The van der Waals surface area contributed by atoms with E-state index in [0.29, 0.717) is 6.61 Å². The number of para-hydroxylation sites is 4. The van der Waals surface area contributed by atoms with E-state index in [-0.39, 0.29) is 12.4 Å². The summed E-state index contributed by atoms with van der Waals surface area (Å²) in [4.78, 5) is 10.3. The second kappa shape index (κ2) is 11.2. The van der Waals surface area contributed by atoms with Crippen LogP contribution in [0.3, 0.4) is 0 Å². The Morgan fingerprint density at radius 1 is 0.727 bits per heavy atom. The zero-order valence-electron chi connectivity index (χ0n) is 19.2. The topological polar surface area (TPSA) is 19.0 Å². The number of fused-ring (bicyclic) bond motifs is 2. The van der Waals surface area contributed by atoms with E-state index in [0.717, 1.165) is 51.4 Å². The molecule has 0 N–H and O–H groups in total. The van der Waals surface area contributed by atoms with Crippen LogP contribution in [0.1, 0.15) is 13.3 Å². The number of hydrogen-bond acceptors (Lipinski definition) is 5. The maximum absolute atomic E-state index is 5.84. The van der Waals surface area contributed by atoms with Gasteiger partial charge in [-0.25, -0.2) is 0 Å². The summed E-state index contributed by atoms with van der Waals surface area (Å²) in [5, 5.41) is 0. The molecule has 0 aliphatic carbocycles. The molecule has 2 aliphatic heterocycles. The molecule has 2 heterocycles. The van der Waals surface area contributed by atoms with Gasteiger partial charge in [-0.3, -0.25) is 4.90 Å². The SMILES string of the molecule is CCOc1ccccc1N1CCN(CCCN2c3ccccc3Sc3ccccc32)CC1.Cl. The number of hydrogen-bond donors (Lipinski definition) is 0. The van der Waals surface area contributed by atoms with E-state index < -0.39 is 0 Å². The third-order valence-corrected chi connectivity index (χ3v) is 7.40. The zero-order chi connectivity index (χ0) is 21.8. The highest BCUT2D eigenvalue weighted by Gasteiger charge is 2.23. The van der Waals surface area contributed by atoms with Crippen molar-refractivity contribution in [1.82, 2.24) is 4.90 Å². The molecule has 33 heavy (non-hydrogen) atoms. The average Bonchev–Trinajstić information content (AvgIpc) is 2.85. The molecule has 1 saturated heterocycles. The fourth-order valence-electron chi connectivity index (χ4n) is 4.68. The van der Waals surface area contributed by atoms with Crippen LogP contribution >= 0.6 is 24.2 Å². The molecule has 174 valence electrons. The molecule has 6 heteroatoms. The maximum Gasteiger partial charge on any atom is 0.142 e. The molecule has 0 atom stereocenters. The van der Waals surface area contributed by atoms with E-state index in [1.54, 1.807) is 0 Å². The minimum absolute atomic E-state index is 0. The van der Waals surface area contributed by atoms with Crippen molar-refractivity contribution in [3.63, 3.8) is 0 Å². The van der Waals surface area contributed by atoms with Gasteiger partial charge in [0.05, 0.1) is 23.7 Å². The normalized spacial score (nSPS) is 15.4. The fraction of sp³-hybridized carbons (Fsp3) is 0.333. The molecule has 3 aromatic rings. The molecule has 0 spiro atoms. The van der Waals surface area contributed by atoms with Crippen molar-refractivity contribution >= 4 is 41.2 Å². The minimum Gasteiger partial charge on any atom is -0.492 e. The van der Waals surface area contributed by atoms with Crippen molar-refractivity contribution in [2.75, 3.05) is 55.7 Å². The molecule has 3 aromatic carbocycles. The summed E-state index contributed by atoms with van der Waals surface area (Å²) in [6, 6.07) is 26.0. The lowest BCUT2D eigenvalue weighted by atomic mass is 10.2. The third kappa shape index (κ3) is 5.26. The van der Waals surface area contributed by atoms with Crippen molar-refractivity contribution in [3.8, 4) is 5.75 Å². The van der Waals surface area contributed by atoms with Gasteiger partial charge < -0.3 is 14.5 Å². The van der Waals surface area contributed by atoms with E-state index in [9.17, 15) is 0 Å². The Bertz CT molecular complexity index is 1010. The number of rotatable bonds is 7. The number of anilines is 3. The van der Waals surface area contributed by atoms with E-state index in [1.807, 2.05) is 18.7 Å². The lowest BCUT2D eigenvalue weighted by Gasteiger charge is -2.37. The first-order chi connectivity index (χ1) is 15.8. The highest BCUT2D eigenvalue weighted by Crippen LogP contribution is 2.47. The Morgan fingerprint density at radius 3 is 1.94 bits per heavy atom. The van der Waals surface area contributed by atoms with Crippen molar-refractivity contribution in [1.29, 1.82) is 0 Å². The van der Waals surface area contributed by atoms with Gasteiger partial charge in [-0.1, -0.05) is 48.2 Å². The lowest BCUT2D eigenvalue weighted by Crippen LogP contribution is -2.47. The van der Waals surface area contributed by atoms with Gasteiger partial charge in [-0.15, -0.1) is 12.4 Å². The van der Waals surface area contributed by atoms with Crippen molar-refractivity contribution in [2.45, 2.75) is 23.1 Å². The first kappa shape index (κ1) is 23.8. The molecule has 0 aromatic heterocycles. The first-order valence-electron chi connectivity index (χ1n) is 11.7. The third-order valence-electron chi connectivity index (χ3n) is 6.27. The molecule has 0 saturated carbocycles. The van der Waals surface area contributed by atoms with Gasteiger partial charge in [0, 0.05) is 42.5 Å². The molecule has 0 bridgehead atoms. The zero-order valence-corrected chi connectivity index (χ0v) is 20.8. The largest absolute Gasteiger partial charge is 0.492 e. The standard InChI is InChI=1S/C27H31N3OS.ClH/c1-2-31-25-13-6-3-10-22(25)29-20-18-28(19-21-29)16-9-17-30-23-11-4-7-14-26(23)32-27-15-8-5-12-24(27)30;/h3-8,10-15H,2,9,16-21H2,1H3;1H. The van der Waals surface area contributed by atoms with Gasteiger partial charge in [0.2, 0.25) is 0 Å². The summed E-state index contributed by atoms with van der Waals surface area (Å²) in [7, 11) is 0. The van der Waals surface area contributed by atoms with Crippen LogP contribution < -0.4 is 14.5 Å². The van der Waals surface area contributed by atoms with E-state index in [2.05, 4.69) is 87.5 Å². The van der Waals surface area contributed by atoms with Gasteiger partial charge >= 0.3 is 0 Å². The van der Waals surface area contributed by atoms with Crippen LogP contribution in [0.2, 0.25) is 0 Å². The monoisotopic (exact) mass is 481 g/mol. The van der Waals surface area contributed by atoms with Crippen LogP contribution in [0.25, 0.3) is 0 Å². The summed E-state index contributed by atoms with van der Waals surface area (Å²) in [5.74, 6) is 1.00. The minimum atomic E-state index is 0. The Kier molecular flexibility index (Phi) is 8.07. The van der Waals surface area contributed by atoms with Crippen LogP contribution in [0.15, 0.2) is 82.6 Å². The number of ether oxygens (including phenoxy) is 1. The van der Waals surface area contributed by atoms with Crippen LogP contribution in [0.5, 0.6) is 5.75 Å². The fourth-order valence-corrected chi connectivity index (χ4v) is 5.78. The molecule has 2 aliphatic rings. The van der Waals surface area contributed by atoms with E-state index in [4.69, 9.17) is 4.74 Å². The smallest absolute Gasteiger partial charge is 0.142 e. The maximum atomic E-state index is 5.84. The Labute approximate surface area is 207 Å². The summed E-state index contributed by atoms with van der Waals surface area (Å²) in [6.07, 6.45) is 1.16. The molecule has 0 amide bonds. The summed E-state index contributed by atoms with van der Waals surface area (Å²) in [6.45, 7) is 9.24. The van der Waals surface area contributed by atoms with Gasteiger partial charge in [0.15, 0.2) is 0 Å². The molecule has 1 fully saturated rings. The van der Waals surface area contributed by atoms with Gasteiger partial charge in [0.25, 0.3) is 0 Å². The van der Waals surface area contributed by atoms with Crippen molar-refractivity contribution in [2.24, 2.45) is 0 Å². The predicted octanol–water partition coefficient (Wildman–Crippen LogP) is 6.32. The first-order valence-corrected chi connectivity index (χ1v) is 12.5. The molecular weight excluding hydrogens is 450 g/mol. The van der Waals surface area contributed by atoms with Crippen molar-refractivity contribution in [3.05, 3.63) is 72.8 Å². The van der Waals surface area contributed by atoms with Crippen LogP contribution in [-0.2, 0) is 0 Å². The number of halogens is 1. The highest BCUT2D eigenvalue weighted by atomic mass is 35.5. The van der Waals surface area contributed by atoms with Gasteiger partial charge in [-0.05, 0) is 56.3 Å². The number of benzene rings is 3. The Hall–Kier alpha value is -2.34. The molecule has 4 nitrogen and oxygen atoms in total. The van der Waals surface area contributed by atoms with Crippen LogP contribution in [-0.4, -0.2) is 50.8 Å². The molecule has 5 rings (SSSR count). The highest BCUT2D eigenvalue weighted by molar-refractivity contribution is 7.99. The second-order valence-electron chi connectivity index (χ2n) is 8.27. The summed E-state index contributed by atoms with van der Waals surface area (Å²) < 4.78 is 5.84. The molecular formula is C27H32ClN3OS. The number of nitrogens with zero attached hydrogens (tertiary/aromatic N) is 3. The molecule has 0 radical (unpaired) electrons. The van der Waals surface area contributed by atoms with E-state index >= 15 is 0 Å². The van der Waals surface area contributed by atoms with Crippen LogP contribution in [0.4, 0.5) is 17.1 Å². The quantitative estimate of drug-likeness (QED) is 0.392. The van der Waals surface area contributed by atoms with E-state index in [1.165, 1.54) is 26.9 Å². The number of piperazine rings is 1.